The zero-order valence-corrected chi connectivity index (χ0v) is 12.7. The first kappa shape index (κ1) is 15.1. The number of rotatable bonds is 4. The topological polar surface area (TPSA) is 64.6 Å². The van der Waals surface area contributed by atoms with Crippen LogP contribution in [-0.2, 0) is 14.3 Å². The third-order valence-corrected chi connectivity index (χ3v) is 3.84. The number of esters is 1. The predicted octanol–water partition coefficient (Wildman–Crippen LogP) is 2.94. The summed E-state index contributed by atoms with van der Waals surface area (Å²) in [5.74, 6) is -0.606. The van der Waals surface area contributed by atoms with Crippen molar-refractivity contribution in [2.45, 2.75) is 12.5 Å². The first-order valence-electron chi connectivity index (χ1n) is 7.37. The second-order valence-electron chi connectivity index (χ2n) is 5.32. The average molecular weight is 311 g/mol. The number of ether oxygens (including phenoxy) is 2. The normalized spacial score (nSPS) is 20.0. The molecule has 1 saturated heterocycles. The number of methoxy groups -OCH3 is 1. The Labute approximate surface area is 134 Å². The van der Waals surface area contributed by atoms with E-state index in [1.165, 1.54) is 0 Å². The number of hydrogen-bond donors (Lipinski definition) is 1. The lowest BCUT2D eigenvalue weighted by atomic mass is 9.94. The van der Waals surface area contributed by atoms with Gasteiger partial charge in [0.1, 0.15) is 11.9 Å². The molecule has 1 fully saturated rings. The number of anilines is 1. The molecular formula is C18H17NO4. The number of nitrogens with one attached hydrogen (secondary N) is 1. The van der Waals surface area contributed by atoms with Crippen LogP contribution in [0.25, 0.3) is 0 Å². The lowest BCUT2D eigenvalue weighted by Gasteiger charge is -2.18. The molecule has 1 heterocycles. The Morgan fingerprint density at radius 1 is 1.13 bits per heavy atom. The molecule has 1 amide bonds. The van der Waals surface area contributed by atoms with Crippen LogP contribution in [0.5, 0.6) is 5.75 Å². The van der Waals surface area contributed by atoms with Gasteiger partial charge in [0.05, 0.1) is 25.1 Å². The van der Waals surface area contributed by atoms with Crippen LogP contribution in [0.4, 0.5) is 5.69 Å². The van der Waals surface area contributed by atoms with Gasteiger partial charge in [0.2, 0.25) is 5.91 Å². The van der Waals surface area contributed by atoms with Gasteiger partial charge in [-0.1, -0.05) is 42.5 Å². The highest BCUT2D eigenvalue weighted by Crippen LogP contribution is 2.36. The van der Waals surface area contributed by atoms with E-state index in [1.54, 1.807) is 19.2 Å². The van der Waals surface area contributed by atoms with E-state index in [1.807, 2.05) is 42.5 Å². The van der Waals surface area contributed by atoms with Crippen molar-refractivity contribution in [1.82, 2.24) is 0 Å². The lowest BCUT2D eigenvalue weighted by molar-refractivity contribution is -0.141. The minimum atomic E-state index is -0.560. The fourth-order valence-corrected chi connectivity index (χ4v) is 2.71. The third-order valence-electron chi connectivity index (χ3n) is 3.84. The summed E-state index contributed by atoms with van der Waals surface area (Å²) in [5.41, 5.74) is 1.39. The van der Waals surface area contributed by atoms with Crippen LogP contribution in [0.1, 0.15) is 18.1 Å². The van der Waals surface area contributed by atoms with Crippen LogP contribution in [-0.4, -0.2) is 19.0 Å². The van der Waals surface area contributed by atoms with Gasteiger partial charge in [-0.3, -0.25) is 9.59 Å². The Morgan fingerprint density at radius 3 is 2.57 bits per heavy atom. The summed E-state index contributed by atoms with van der Waals surface area (Å²) in [6.45, 7) is 0. The van der Waals surface area contributed by atoms with Crippen molar-refractivity contribution in [2.75, 3.05) is 12.4 Å². The third kappa shape index (κ3) is 3.18. The van der Waals surface area contributed by atoms with Gasteiger partial charge in [-0.15, -0.1) is 0 Å². The quantitative estimate of drug-likeness (QED) is 0.882. The monoisotopic (exact) mass is 311 g/mol. The predicted molar refractivity (Wildman–Crippen MR) is 85.0 cm³/mol. The van der Waals surface area contributed by atoms with Crippen molar-refractivity contribution in [2.24, 2.45) is 5.92 Å². The van der Waals surface area contributed by atoms with Gasteiger partial charge in [-0.2, -0.15) is 0 Å². The highest BCUT2D eigenvalue weighted by atomic mass is 16.6. The molecule has 23 heavy (non-hydrogen) atoms. The molecule has 0 aromatic heterocycles. The zero-order valence-electron chi connectivity index (χ0n) is 12.7. The summed E-state index contributed by atoms with van der Waals surface area (Å²) in [6, 6.07) is 16.5. The smallest absolute Gasteiger partial charge is 0.307 e. The maximum Gasteiger partial charge on any atom is 0.307 e. The molecule has 2 aromatic carbocycles. The minimum Gasteiger partial charge on any atom is -0.495 e. The molecule has 0 radical (unpaired) electrons. The van der Waals surface area contributed by atoms with E-state index in [9.17, 15) is 9.59 Å². The Morgan fingerprint density at radius 2 is 1.83 bits per heavy atom. The Hall–Kier alpha value is -2.82. The molecular weight excluding hydrogens is 294 g/mol. The summed E-state index contributed by atoms with van der Waals surface area (Å²) in [5, 5.41) is 2.83. The molecule has 3 rings (SSSR count). The molecule has 0 spiro atoms. The molecule has 0 unspecified atom stereocenters. The number of para-hydroxylation sites is 2. The number of cyclic esters (lactones) is 1. The number of carbonyl (C=O) groups is 2. The summed E-state index contributed by atoms with van der Waals surface area (Å²) < 4.78 is 10.6. The molecule has 2 aromatic rings. The van der Waals surface area contributed by atoms with Crippen molar-refractivity contribution < 1.29 is 19.1 Å². The summed E-state index contributed by atoms with van der Waals surface area (Å²) >= 11 is 0. The number of amides is 1. The Kier molecular flexibility index (Phi) is 4.28. The van der Waals surface area contributed by atoms with Crippen LogP contribution >= 0.6 is 0 Å². The van der Waals surface area contributed by atoms with Gasteiger partial charge >= 0.3 is 5.97 Å². The minimum absolute atomic E-state index is 0.0700. The molecule has 1 N–H and O–H groups in total. The SMILES string of the molecule is COc1ccccc1NC(=O)[C@H]1CC(=O)O[C@H]1c1ccccc1. The first-order chi connectivity index (χ1) is 11.2. The summed E-state index contributed by atoms with van der Waals surface area (Å²) in [6.07, 6.45) is -0.487. The molecule has 1 aliphatic heterocycles. The Balaban J connectivity index is 1.81. The van der Waals surface area contributed by atoms with E-state index in [0.717, 1.165) is 5.56 Å². The number of carbonyl (C=O) groups excluding carboxylic acids is 2. The van der Waals surface area contributed by atoms with Gasteiger partial charge in [0, 0.05) is 0 Å². The van der Waals surface area contributed by atoms with E-state index in [-0.39, 0.29) is 18.3 Å². The lowest BCUT2D eigenvalue weighted by Crippen LogP contribution is -2.25. The fraction of sp³-hybridized carbons (Fsp3) is 0.222. The first-order valence-corrected chi connectivity index (χ1v) is 7.37. The zero-order chi connectivity index (χ0) is 16.2. The Bertz CT molecular complexity index is 714. The molecule has 2 atom stereocenters. The molecule has 1 aliphatic rings. The van der Waals surface area contributed by atoms with Gasteiger partial charge in [-0.25, -0.2) is 0 Å². The molecule has 0 aliphatic carbocycles. The van der Waals surface area contributed by atoms with Crippen LogP contribution in [0, 0.1) is 5.92 Å². The van der Waals surface area contributed by atoms with Crippen LogP contribution < -0.4 is 10.1 Å². The van der Waals surface area contributed by atoms with Crippen molar-refractivity contribution in [3.63, 3.8) is 0 Å². The number of hydrogen-bond acceptors (Lipinski definition) is 4. The number of benzene rings is 2. The van der Waals surface area contributed by atoms with E-state index in [4.69, 9.17) is 9.47 Å². The van der Waals surface area contributed by atoms with Crippen molar-refractivity contribution in [3.8, 4) is 5.75 Å². The maximum absolute atomic E-state index is 12.6. The summed E-state index contributed by atoms with van der Waals surface area (Å²) in [7, 11) is 1.54. The van der Waals surface area contributed by atoms with Crippen molar-refractivity contribution in [1.29, 1.82) is 0 Å². The molecule has 0 bridgehead atoms. The second kappa shape index (κ2) is 6.52. The van der Waals surface area contributed by atoms with Crippen LogP contribution in [0.3, 0.4) is 0 Å². The van der Waals surface area contributed by atoms with Gasteiger partial charge < -0.3 is 14.8 Å². The van der Waals surface area contributed by atoms with Crippen LogP contribution in [0.15, 0.2) is 54.6 Å². The van der Waals surface area contributed by atoms with Gasteiger partial charge in [0.15, 0.2) is 0 Å². The van der Waals surface area contributed by atoms with E-state index < -0.39 is 12.0 Å². The van der Waals surface area contributed by atoms with E-state index in [2.05, 4.69) is 5.32 Å². The van der Waals surface area contributed by atoms with Crippen molar-refractivity contribution >= 4 is 17.6 Å². The van der Waals surface area contributed by atoms with E-state index in [0.29, 0.717) is 11.4 Å². The molecule has 118 valence electrons. The molecule has 0 saturated carbocycles. The fourth-order valence-electron chi connectivity index (χ4n) is 2.71. The van der Waals surface area contributed by atoms with Crippen LogP contribution in [0.2, 0.25) is 0 Å². The second-order valence-corrected chi connectivity index (χ2v) is 5.32. The molecule has 5 nitrogen and oxygen atoms in total. The standard InChI is InChI=1S/C18H17NO4/c1-22-15-10-6-5-9-14(15)19-18(21)13-11-16(20)23-17(13)12-7-3-2-4-8-12/h2-10,13,17H,11H2,1H3,(H,19,21)/t13-,17-/m0/s1. The maximum atomic E-state index is 12.6. The van der Waals surface area contributed by atoms with E-state index >= 15 is 0 Å². The average Bonchev–Trinajstić information content (AvgIpc) is 2.98. The van der Waals surface area contributed by atoms with Crippen molar-refractivity contribution in [3.05, 3.63) is 60.2 Å². The summed E-state index contributed by atoms with van der Waals surface area (Å²) in [4.78, 5) is 24.3. The largest absolute Gasteiger partial charge is 0.495 e. The molecule has 5 heteroatoms. The van der Waals surface area contributed by atoms with Gasteiger partial charge in [0.25, 0.3) is 0 Å². The highest BCUT2D eigenvalue weighted by molar-refractivity contribution is 5.97. The highest BCUT2D eigenvalue weighted by Gasteiger charge is 2.40. The van der Waals surface area contributed by atoms with Gasteiger partial charge in [-0.05, 0) is 17.7 Å².